The van der Waals surface area contributed by atoms with Gasteiger partial charge in [-0.2, -0.15) is 0 Å². The molecule has 0 spiro atoms. The van der Waals surface area contributed by atoms with Crippen molar-refractivity contribution in [2.45, 2.75) is 19.4 Å². The number of rotatable bonds is 4. The lowest BCUT2D eigenvalue weighted by atomic mass is 10.1. The number of aliphatic hydroxyl groups is 1. The minimum Gasteiger partial charge on any atom is -0.389 e. The van der Waals surface area contributed by atoms with E-state index in [1.54, 1.807) is 11.8 Å². The third kappa shape index (κ3) is 4.24. The second-order valence-corrected chi connectivity index (χ2v) is 6.24. The molecule has 1 aliphatic rings. The molecule has 1 fully saturated rings. The van der Waals surface area contributed by atoms with Crippen molar-refractivity contribution in [2.75, 3.05) is 26.2 Å². The van der Waals surface area contributed by atoms with E-state index in [0.29, 0.717) is 18.7 Å². The van der Waals surface area contributed by atoms with Gasteiger partial charge in [0.15, 0.2) is 5.69 Å². The first-order valence-electron chi connectivity index (χ1n) is 8.25. The number of amides is 2. The summed E-state index contributed by atoms with van der Waals surface area (Å²) in [4.78, 5) is 27.9. The molecule has 1 atom stereocenters. The molecule has 0 bridgehead atoms. The highest BCUT2D eigenvalue weighted by atomic mass is 16.5. The fraction of sp³-hybridized carbons (Fsp3) is 0.389. The maximum atomic E-state index is 12.5. The van der Waals surface area contributed by atoms with Crippen LogP contribution in [0.1, 0.15) is 21.8 Å². The summed E-state index contributed by atoms with van der Waals surface area (Å²) < 4.78 is 4.91. The summed E-state index contributed by atoms with van der Waals surface area (Å²) in [6, 6.07) is 11.4. The van der Waals surface area contributed by atoms with E-state index < -0.39 is 12.0 Å². The summed E-state index contributed by atoms with van der Waals surface area (Å²) in [5, 5.41) is 13.9. The number of hydrogen-bond donors (Lipinski definition) is 1. The average Bonchev–Trinajstić information content (AvgIpc) is 2.98. The molecule has 3 rings (SSSR count). The second kappa shape index (κ2) is 7.48. The predicted molar refractivity (Wildman–Crippen MR) is 89.9 cm³/mol. The van der Waals surface area contributed by atoms with E-state index in [0.717, 1.165) is 5.56 Å². The minimum absolute atomic E-state index is 0.0728. The molecular formula is C18H21N3O4. The van der Waals surface area contributed by atoms with Crippen molar-refractivity contribution >= 4 is 11.8 Å². The number of carbonyl (C=O) groups is 2. The summed E-state index contributed by atoms with van der Waals surface area (Å²) in [6.45, 7) is 2.44. The lowest BCUT2D eigenvalue weighted by Crippen LogP contribution is -2.40. The Labute approximate surface area is 145 Å². The van der Waals surface area contributed by atoms with Crippen molar-refractivity contribution < 1.29 is 19.2 Å². The fourth-order valence-corrected chi connectivity index (χ4v) is 2.90. The highest BCUT2D eigenvalue weighted by molar-refractivity contribution is 5.95. The molecule has 132 valence electrons. The van der Waals surface area contributed by atoms with Gasteiger partial charge in [-0.15, -0.1) is 0 Å². The normalized spacial score (nSPS) is 18.3. The van der Waals surface area contributed by atoms with Gasteiger partial charge in [-0.25, -0.2) is 0 Å². The van der Waals surface area contributed by atoms with Crippen LogP contribution >= 0.6 is 0 Å². The van der Waals surface area contributed by atoms with Crippen molar-refractivity contribution in [3.05, 3.63) is 53.4 Å². The summed E-state index contributed by atoms with van der Waals surface area (Å²) in [7, 11) is 0. The van der Waals surface area contributed by atoms with Crippen LogP contribution in [0, 0.1) is 6.92 Å². The van der Waals surface area contributed by atoms with Gasteiger partial charge in [0, 0.05) is 25.7 Å². The maximum Gasteiger partial charge on any atom is 0.276 e. The number of hydrogen-bond acceptors (Lipinski definition) is 5. The van der Waals surface area contributed by atoms with Crippen molar-refractivity contribution in [3.8, 4) is 0 Å². The maximum absolute atomic E-state index is 12.5. The fourth-order valence-electron chi connectivity index (χ4n) is 2.90. The Morgan fingerprint density at radius 2 is 2.08 bits per heavy atom. The zero-order valence-corrected chi connectivity index (χ0v) is 14.1. The Hall–Kier alpha value is -2.67. The molecular weight excluding hydrogens is 322 g/mol. The highest BCUT2D eigenvalue weighted by Gasteiger charge is 2.30. The van der Waals surface area contributed by atoms with Crippen molar-refractivity contribution in [1.82, 2.24) is 15.0 Å². The lowest BCUT2D eigenvalue weighted by Gasteiger charge is -2.21. The van der Waals surface area contributed by atoms with Gasteiger partial charge in [-0.1, -0.05) is 35.5 Å². The predicted octanol–water partition coefficient (Wildman–Crippen LogP) is 0.871. The van der Waals surface area contributed by atoms with Crippen LogP contribution in [0.5, 0.6) is 0 Å². The zero-order valence-electron chi connectivity index (χ0n) is 14.1. The Morgan fingerprint density at radius 3 is 2.76 bits per heavy atom. The number of aliphatic hydroxyl groups excluding tert-OH is 1. The van der Waals surface area contributed by atoms with Gasteiger partial charge in [-0.05, 0) is 18.9 Å². The van der Waals surface area contributed by atoms with E-state index in [-0.39, 0.29) is 31.2 Å². The molecule has 1 saturated heterocycles. The van der Waals surface area contributed by atoms with Crippen LogP contribution in [-0.4, -0.2) is 64.2 Å². The Morgan fingerprint density at radius 1 is 1.32 bits per heavy atom. The first-order chi connectivity index (χ1) is 12.0. The number of carbonyl (C=O) groups excluding carboxylic acids is 2. The number of aromatic nitrogens is 1. The molecule has 1 unspecified atom stereocenters. The first-order valence-corrected chi connectivity index (χ1v) is 8.25. The summed E-state index contributed by atoms with van der Waals surface area (Å²) >= 11 is 0. The van der Waals surface area contributed by atoms with E-state index in [1.807, 2.05) is 30.3 Å². The van der Waals surface area contributed by atoms with Crippen LogP contribution in [0.2, 0.25) is 0 Å². The Bertz CT molecular complexity index is 744. The third-order valence-corrected chi connectivity index (χ3v) is 4.19. The van der Waals surface area contributed by atoms with Crippen molar-refractivity contribution in [3.63, 3.8) is 0 Å². The van der Waals surface area contributed by atoms with E-state index in [2.05, 4.69) is 5.16 Å². The molecule has 1 aliphatic heterocycles. The third-order valence-electron chi connectivity index (χ3n) is 4.19. The van der Waals surface area contributed by atoms with E-state index >= 15 is 0 Å². The molecule has 0 radical (unpaired) electrons. The molecule has 7 nitrogen and oxygen atoms in total. The molecule has 1 aromatic heterocycles. The standard InChI is InChI=1S/C18H21N3O4/c1-13-9-16(19-25-13)18(24)21-11-15(22)10-20(17(23)12-21)8-7-14-5-3-2-4-6-14/h2-6,9,15,22H,7-8,10-12H2,1H3. The Balaban J connectivity index is 1.65. The van der Waals surface area contributed by atoms with Gasteiger partial charge in [0.2, 0.25) is 5.91 Å². The van der Waals surface area contributed by atoms with E-state index in [9.17, 15) is 14.7 Å². The number of aryl methyl sites for hydroxylation is 1. The SMILES string of the molecule is Cc1cc(C(=O)N2CC(=O)N(CCc3ccccc3)CC(O)C2)no1. The van der Waals surface area contributed by atoms with E-state index in [1.165, 1.54) is 11.0 Å². The quantitative estimate of drug-likeness (QED) is 0.890. The van der Waals surface area contributed by atoms with Gasteiger partial charge >= 0.3 is 0 Å². The average molecular weight is 343 g/mol. The molecule has 1 aromatic carbocycles. The van der Waals surface area contributed by atoms with Gasteiger partial charge in [0.05, 0.1) is 6.10 Å². The summed E-state index contributed by atoms with van der Waals surface area (Å²) in [5.41, 5.74) is 1.27. The smallest absolute Gasteiger partial charge is 0.276 e. The Kier molecular flexibility index (Phi) is 5.14. The second-order valence-electron chi connectivity index (χ2n) is 6.24. The largest absolute Gasteiger partial charge is 0.389 e. The number of nitrogens with zero attached hydrogens (tertiary/aromatic N) is 3. The molecule has 0 aliphatic carbocycles. The highest BCUT2D eigenvalue weighted by Crippen LogP contribution is 2.12. The van der Waals surface area contributed by atoms with Crippen molar-refractivity contribution in [2.24, 2.45) is 0 Å². The van der Waals surface area contributed by atoms with Gasteiger partial charge in [0.25, 0.3) is 5.91 Å². The molecule has 1 N–H and O–H groups in total. The summed E-state index contributed by atoms with van der Waals surface area (Å²) in [5.74, 6) is -0.0651. The number of benzene rings is 1. The first kappa shape index (κ1) is 17.2. The number of β-amino-alcohol motifs (C(OH)–C–C–N with tert-alkyl or cyclic N) is 1. The molecule has 2 aromatic rings. The van der Waals surface area contributed by atoms with Gasteiger partial charge < -0.3 is 19.4 Å². The topological polar surface area (TPSA) is 86.9 Å². The molecule has 0 saturated carbocycles. The van der Waals surface area contributed by atoms with Gasteiger partial charge in [0.1, 0.15) is 12.3 Å². The van der Waals surface area contributed by atoms with Crippen LogP contribution in [0.15, 0.2) is 40.9 Å². The monoisotopic (exact) mass is 343 g/mol. The van der Waals surface area contributed by atoms with Crippen LogP contribution in [0.25, 0.3) is 0 Å². The molecule has 7 heteroatoms. The van der Waals surface area contributed by atoms with Gasteiger partial charge in [-0.3, -0.25) is 9.59 Å². The van der Waals surface area contributed by atoms with Crippen LogP contribution in [0.4, 0.5) is 0 Å². The summed E-state index contributed by atoms with van der Waals surface area (Å²) in [6.07, 6.45) is -0.0883. The lowest BCUT2D eigenvalue weighted by molar-refractivity contribution is -0.131. The molecule has 2 heterocycles. The van der Waals surface area contributed by atoms with Crippen LogP contribution < -0.4 is 0 Å². The van der Waals surface area contributed by atoms with E-state index in [4.69, 9.17) is 4.52 Å². The zero-order chi connectivity index (χ0) is 17.8. The van der Waals surface area contributed by atoms with Crippen molar-refractivity contribution in [1.29, 1.82) is 0 Å². The minimum atomic E-state index is -0.792. The van der Waals surface area contributed by atoms with Crippen LogP contribution in [0.3, 0.4) is 0 Å². The molecule has 2 amide bonds. The molecule has 25 heavy (non-hydrogen) atoms. The van der Waals surface area contributed by atoms with Crippen LogP contribution in [-0.2, 0) is 11.2 Å².